The SMILES string of the molecule is CNC(=O)c1ccc(N[C@H]2C[C@H](N3C(=O)C(C)(C)c4cccnc43)C2)nc1. The summed E-state index contributed by atoms with van der Waals surface area (Å²) in [5.74, 6) is 1.49. The van der Waals surface area contributed by atoms with Gasteiger partial charge in [-0.1, -0.05) is 6.07 Å². The van der Waals surface area contributed by atoms with E-state index in [1.54, 1.807) is 31.6 Å². The Balaban J connectivity index is 1.41. The largest absolute Gasteiger partial charge is 0.367 e. The molecule has 4 rings (SSSR count). The molecule has 3 heterocycles. The maximum absolute atomic E-state index is 12.9. The summed E-state index contributed by atoms with van der Waals surface area (Å²) < 4.78 is 0. The number of aromatic nitrogens is 2. The minimum Gasteiger partial charge on any atom is -0.367 e. The fraction of sp³-hybridized carbons (Fsp3) is 0.400. The van der Waals surface area contributed by atoms with Crippen molar-refractivity contribution >= 4 is 23.5 Å². The van der Waals surface area contributed by atoms with Gasteiger partial charge in [0.15, 0.2) is 0 Å². The zero-order valence-corrected chi connectivity index (χ0v) is 15.7. The molecule has 0 aromatic carbocycles. The smallest absolute Gasteiger partial charge is 0.252 e. The van der Waals surface area contributed by atoms with Crippen LogP contribution in [0.1, 0.15) is 42.6 Å². The first-order valence-electron chi connectivity index (χ1n) is 9.15. The molecule has 1 aliphatic heterocycles. The number of carbonyl (C=O) groups is 2. The number of anilines is 2. The van der Waals surface area contributed by atoms with Gasteiger partial charge in [-0.15, -0.1) is 0 Å². The summed E-state index contributed by atoms with van der Waals surface area (Å²) in [6.07, 6.45) is 4.99. The number of hydrogen-bond donors (Lipinski definition) is 2. The molecule has 140 valence electrons. The molecular weight excluding hydrogens is 342 g/mol. The molecule has 2 aromatic rings. The summed E-state index contributed by atoms with van der Waals surface area (Å²) in [5.41, 5.74) is 0.999. The van der Waals surface area contributed by atoms with Crippen LogP contribution in [0, 0.1) is 0 Å². The lowest BCUT2D eigenvalue weighted by molar-refractivity contribution is -0.122. The van der Waals surface area contributed by atoms with Gasteiger partial charge in [-0.25, -0.2) is 9.97 Å². The highest BCUT2D eigenvalue weighted by molar-refractivity contribution is 6.07. The van der Waals surface area contributed by atoms with Crippen molar-refractivity contribution in [1.82, 2.24) is 15.3 Å². The highest BCUT2D eigenvalue weighted by Gasteiger charge is 2.50. The standard InChI is InChI=1S/C20H23N5O2/c1-20(2)15-5-4-8-22-17(15)25(19(20)27)14-9-13(10-14)24-16-7-6-12(11-23-16)18(26)21-3/h4-8,11,13-14H,9-10H2,1-3H3,(H,21,26)(H,23,24)/t13-,14-. The van der Waals surface area contributed by atoms with Crippen molar-refractivity contribution in [2.45, 2.75) is 44.2 Å². The maximum Gasteiger partial charge on any atom is 0.252 e. The first-order valence-corrected chi connectivity index (χ1v) is 9.15. The van der Waals surface area contributed by atoms with Crippen LogP contribution in [0.5, 0.6) is 0 Å². The van der Waals surface area contributed by atoms with Crippen LogP contribution >= 0.6 is 0 Å². The van der Waals surface area contributed by atoms with E-state index in [0.717, 1.165) is 30.0 Å². The molecule has 0 spiro atoms. The van der Waals surface area contributed by atoms with Crippen LogP contribution < -0.4 is 15.5 Å². The molecule has 2 aromatic heterocycles. The van der Waals surface area contributed by atoms with Gasteiger partial charge in [0.05, 0.1) is 11.0 Å². The average molecular weight is 365 g/mol. The van der Waals surface area contributed by atoms with Gasteiger partial charge in [-0.2, -0.15) is 0 Å². The minimum absolute atomic E-state index is 0.118. The third kappa shape index (κ3) is 2.83. The fourth-order valence-electron chi connectivity index (χ4n) is 3.81. The van der Waals surface area contributed by atoms with E-state index in [1.165, 1.54) is 0 Å². The second kappa shape index (κ2) is 6.33. The molecule has 2 amide bonds. The molecule has 0 saturated heterocycles. The molecule has 2 N–H and O–H groups in total. The second-order valence-electron chi connectivity index (χ2n) is 7.65. The molecule has 7 heteroatoms. The Kier molecular flexibility index (Phi) is 4.09. The summed E-state index contributed by atoms with van der Waals surface area (Å²) in [5, 5.41) is 5.95. The quantitative estimate of drug-likeness (QED) is 0.866. The van der Waals surface area contributed by atoms with Crippen LogP contribution in [0.25, 0.3) is 0 Å². The number of hydrogen-bond acceptors (Lipinski definition) is 5. The van der Waals surface area contributed by atoms with Gasteiger partial charge in [0, 0.05) is 37.1 Å². The van der Waals surface area contributed by atoms with Crippen LogP contribution in [0.3, 0.4) is 0 Å². The fourth-order valence-corrected chi connectivity index (χ4v) is 3.81. The molecular formula is C20H23N5O2. The molecule has 0 radical (unpaired) electrons. The number of pyridine rings is 2. The van der Waals surface area contributed by atoms with Gasteiger partial charge < -0.3 is 10.6 Å². The summed E-state index contributed by atoms with van der Waals surface area (Å²) in [7, 11) is 1.59. The molecule has 0 unspecified atom stereocenters. The Labute approximate surface area is 158 Å². The lowest BCUT2D eigenvalue weighted by atomic mass is 9.84. The van der Waals surface area contributed by atoms with Crippen LogP contribution in [0.15, 0.2) is 36.7 Å². The van der Waals surface area contributed by atoms with Crippen LogP contribution in [0.4, 0.5) is 11.6 Å². The van der Waals surface area contributed by atoms with Crippen LogP contribution in [0.2, 0.25) is 0 Å². The number of fused-ring (bicyclic) bond motifs is 1. The summed E-state index contributed by atoms with van der Waals surface area (Å²) in [6, 6.07) is 7.83. The first kappa shape index (κ1) is 17.5. The normalized spacial score (nSPS) is 22.8. The van der Waals surface area contributed by atoms with E-state index in [4.69, 9.17) is 0 Å². The van der Waals surface area contributed by atoms with E-state index in [0.29, 0.717) is 5.56 Å². The van der Waals surface area contributed by atoms with E-state index in [-0.39, 0.29) is 23.9 Å². The monoisotopic (exact) mass is 365 g/mol. The average Bonchev–Trinajstić information content (AvgIpc) is 2.85. The Morgan fingerprint density at radius 3 is 2.67 bits per heavy atom. The third-order valence-electron chi connectivity index (χ3n) is 5.52. The molecule has 27 heavy (non-hydrogen) atoms. The second-order valence-corrected chi connectivity index (χ2v) is 7.65. The predicted molar refractivity (Wildman–Crippen MR) is 103 cm³/mol. The lowest BCUT2D eigenvalue weighted by Gasteiger charge is -2.41. The molecule has 1 saturated carbocycles. The Morgan fingerprint density at radius 2 is 2.00 bits per heavy atom. The number of amides is 2. The zero-order valence-electron chi connectivity index (χ0n) is 15.7. The topological polar surface area (TPSA) is 87.2 Å². The Morgan fingerprint density at radius 1 is 1.22 bits per heavy atom. The molecule has 0 bridgehead atoms. The van der Waals surface area contributed by atoms with Crippen molar-refractivity contribution in [3.05, 3.63) is 47.8 Å². The number of nitrogens with zero attached hydrogens (tertiary/aromatic N) is 3. The van der Waals surface area contributed by atoms with E-state index < -0.39 is 5.41 Å². The zero-order chi connectivity index (χ0) is 19.2. The Hall–Kier alpha value is -2.96. The minimum atomic E-state index is -0.528. The van der Waals surface area contributed by atoms with Gasteiger partial charge >= 0.3 is 0 Å². The Bertz CT molecular complexity index is 888. The van der Waals surface area contributed by atoms with E-state index in [9.17, 15) is 9.59 Å². The summed E-state index contributed by atoms with van der Waals surface area (Å²) in [6.45, 7) is 3.92. The molecule has 1 aliphatic carbocycles. The number of carbonyl (C=O) groups excluding carboxylic acids is 2. The van der Waals surface area contributed by atoms with Crippen molar-refractivity contribution in [3.8, 4) is 0 Å². The molecule has 0 atom stereocenters. The van der Waals surface area contributed by atoms with Gasteiger partial charge in [0.25, 0.3) is 5.91 Å². The third-order valence-corrected chi connectivity index (χ3v) is 5.52. The summed E-state index contributed by atoms with van der Waals surface area (Å²) in [4.78, 5) is 35.1. The van der Waals surface area contributed by atoms with Gasteiger partial charge in [0.2, 0.25) is 5.91 Å². The number of nitrogens with one attached hydrogen (secondary N) is 2. The van der Waals surface area contributed by atoms with Crippen molar-refractivity contribution in [3.63, 3.8) is 0 Å². The van der Waals surface area contributed by atoms with E-state index >= 15 is 0 Å². The van der Waals surface area contributed by atoms with Crippen molar-refractivity contribution in [1.29, 1.82) is 0 Å². The molecule has 2 aliphatic rings. The van der Waals surface area contributed by atoms with Crippen molar-refractivity contribution in [2.75, 3.05) is 17.3 Å². The van der Waals surface area contributed by atoms with Gasteiger partial charge in [0.1, 0.15) is 11.6 Å². The maximum atomic E-state index is 12.9. The van der Waals surface area contributed by atoms with Gasteiger partial charge in [-0.05, 0) is 44.9 Å². The van der Waals surface area contributed by atoms with Gasteiger partial charge in [-0.3, -0.25) is 14.5 Å². The van der Waals surface area contributed by atoms with Crippen molar-refractivity contribution in [2.24, 2.45) is 0 Å². The van der Waals surface area contributed by atoms with Crippen LogP contribution in [-0.2, 0) is 10.2 Å². The number of rotatable bonds is 4. The van der Waals surface area contributed by atoms with E-state index in [2.05, 4.69) is 20.6 Å². The molecule has 1 fully saturated rings. The highest BCUT2D eigenvalue weighted by atomic mass is 16.2. The van der Waals surface area contributed by atoms with Crippen molar-refractivity contribution < 1.29 is 9.59 Å². The van der Waals surface area contributed by atoms with Crippen LogP contribution in [-0.4, -0.2) is 40.9 Å². The summed E-state index contributed by atoms with van der Waals surface area (Å²) >= 11 is 0. The lowest BCUT2D eigenvalue weighted by Crippen LogP contribution is -2.53. The molecule has 7 nitrogen and oxygen atoms in total. The van der Waals surface area contributed by atoms with E-state index in [1.807, 2.05) is 30.9 Å². The predicted octanol–water partition coefficient (Wildman–Crippen LogP) is 2.10. The first-order chi connectivity index (χ1) is 12.9. The highest BCUT2D eigenvalue weighted by Crippen LogP contribution is 2.44.